The van der Waals surface area contributed by atoms with Gasteiger partial charge in [-0.15, -0.1) is 0 Å². The molecule has 0 amide bonds. The normalized spacial score (nSPS) is 19.4. The van der Waals surface area contributed by atoms with Crippen LogP contribution < -0.4 is 0 Å². The lowest BCUT2D eigenvalue weighted by Gasteiger charge is -2.33. The maximum absolute atomic E-state index is 11.1. The second-order valence-corrected chi connectivity index (χ2v) is 9.34. The molecule has 1 aliphatic rings. The zero-order valence-corrected chi connectivity index (χ0v) is 20.1. The third-order valence-corrected chi connectivity index (χ3v) is 7.05. The molecule has 4 aromatic carbocycles. The number of hydrogen-bond donors (Lipinski definition) is 6. The first-order valence-electron chi connectivity index (χ1n) is 12.0. The third kappa shape index (κ3) is 4.49. The van der Waals surface area contributed by atoms with Gasteiger partial charge in [0.05, 0.1) is 6.10 Å². The standard InChI is InChI=1S/C30H28O7/c1-2-37-30(17-5-9-20(32)10-6-17)29-24-14-23(35)15-25(36)28(24)26(16-3-7-19(31)8-4-16)27(29)18-11-21(33)13-22(34)12-18/h3-15,26-27,29-36H,2H2,1H3/t26-,27-,29-,30+/m1/s1. The summed E-state index contributed by atoms with van der Waals surface area (Å²) in [6, 6.07) is 20.7. The summed E-state index contributed by atoms with van der Waals surface area (Å²) in [4.78, 5) is 0. The average molecular weight is 501 g/mol. The van der Waals surface area contributed by atoms with Crippen molar-refractivity contribution in [3.05, 3.63) is 107 Å². The van der Waals surface area contributed by atoms with Gasteiger partial charge >= 0.3 is 0 Å². The van der Waals surface area contributed by atoms with Gasteiger partial charge in [-0.2, -0.15) is 0 Å². The predicted octanol–water partition coefficient (Wildman–Crippen LogP) is 5.71. The van der Waals surface area contributed by atoms with Crippen molar-refractivity contribution in [2.45, 2.75) is 30.8 Å². The van der Waals surface area contributed by atoms with E-state index < -0.39 is 23.9 Å². The van der Waals surface area contributed by atoms with Crippen molar-refractivity contribution in [3.63, 3.8) is 0 Å². The van der Waals surface area contributed by atoms with Crippen molar-refractivity contribution in [2.24, 2.45) is 0 Å². The van der Waals surface area contributed by atoms with E-state index in [0.717, 1.165) is 11.1 Å². The largest absolute Gasteiger partial charge is 0.508 e. The Hall–Kier alpha value is -4.36. The zero-order valence-electron chi connectivity index (χ0n) is 20.1. The molecule has 7 nitrogen and oxygen atoms in total. The highest BCUT2D eigenvalue weighted by Gasteiger charge is 2.48. The number of aromatic hydroxyl groups is 6. The van der Waals surface area contributed by atoms with Crippen LogP contribution in [-0.4, -0.2) is 37.2 Å². The summed E-state index contributed by atoms with van der Waals surface area (Å²) in [7, 11) is 0. The van der Waals surface area contributed by atoms with E-state index in [2.05, 4.69) is 0 Å². The molecule has 6 N–H and O–H groups in total. The Labute approximate surface area is 214 Å². The minimum Gasteiger partial charge on any atom is -0.508 e. The van der Waals surface area contributed by atoms with Gasteiger partial charge < -0.3 is 35.4 Å². The monoisotopic (exact) mass is 500 g/mol. The van der Waals surface area contributed by atoms with Crippen molar-refractivity contribution in [1.29, 1.82) is 0 Å². The number of fused-ring (bicyclic) bond motifs is 1. The molecule has 190 valence electrons. The number of benzene rings is 4. The first kappa shape index (κ1) is 24.3. The van der Waals surface area contributed by atoms with E-state index in [1.165, 1.54) is 12.1 Å². The SMILES string of the molecule is CCO[C@@H](c1ccc(O)cc1)[C@@H]1c2cc(O)cc(O)c2[C@H](c2ccc(O)cc2)[C@H]1c1cc(O)cc(O)c1. The van der Waals surface area contributed by atoms with E-state index >= 15 is 0 Å². The Morgan fingerprint density at radius 2 is 1.22 bits per heavy atom. The summed E-state index contributed by atoms with van der Waals surface area (Å²) in [6.45, 7) is 2.24. The highest BCUT2D eigenvalue weighted by molar-refractivity contribution is 5.61. The van der Waals surface area contributed by atoms with Gasteiger partial charge in [0.1, 0.15) is 34.5 Å². The molecule has 0 aromatic heterocycles. The van der Waals surface area contributed by atoms with Gasteiger partial charge in [-0.25, -0.2) is 0 Å². The third-order valence-electron chi connectivity index (χ3n) is 7.05. The van der Waals surface area contributed by atoms with Crippen LogP contribution in [0.2, 0.25) is 0 Å². The molecule has 4 aromatic rings. The molecule has 37 heavy (non-hydrogen) atoms. The van der Waals surface area contributed by atoms with E-state index in [1.54, 1.807) is 66.7 Å². The minimum absolute atomic E-state index is 0.0918. The molecule has 0 fully saturated rings. The topological polar surface area (TPSA) is 131 Å². The van der Waals surface area contributed by atoms with E-state index in [9.17, 15) is 30.6 Å². The first-order valence-corrected chi connectivity index (χ1v) is 12.0. The van der Waals surface area contributed by atoms with Crippen molar-refractivity contribution < 1.29 is 35.4 Å². The van der Waals surface area contributed by atoms with Crippen molar-refractivity contribution in [1.82, 2.24) is 0 Å². The lowest BCUT2D eigenvalue weighted by molar-refractivity contribution is 0.0362. The summed E-state index contributed by atoms with van der Waals surface area (Å²) in [6.07, 6.45) is -0.567. The maximum atomic E-state index is 11.1. The summed E-state index contributed by atoms with van der Waals surface area (Å²) in [5.41, 5.74) is 3.43. The number of phenolic OH excluding ortho intramolecular Hbond substituents is 6. The van der Waals surface area contributed by atoms with Gasteiger partial charge in [0.25, 0.3) is 0 Å². The fraction of sp³-hybridized carbons (Fsp3) is 0.200. The number of rotatable bonds is 6. The van der Waals surface area contributed by atoms with Gasteiger partial charge in [-0.3, -0.25) is 0 Å². The molecule has 0 unspecified atom stereocenters. The highest BCUT2D eigenvalue weighted by Crippen LogP contribution is 2.62. The predicted molar refractivity (Wildman–Crippen MR) is 137 cm³/mol. The van der Waals surface area contributed by atoms with Crippen molar-refractivity contribution in [2.75, 3.05) is 6.61 Å². The average Bonchev–Trinajstić information content (AvgIpc) is 3.18. The molecule has 0 saturated carbocycles. The quantitative estimate of drug-likeness (QED) is 0.200. The van der Waals surface area contributed by atoms with Crippen molar-refractivity contribution in [3.8, 4) is 34.5 Å². The van der Waals surface area contributed by atoms with E-state index in [0.29, 0.717) is 23.3 Å². The molecular weight excluding hydrogens is 472 g/mol. The molecule has 0 bridgehead atoms. The number of ether oxygens (including phenoxy) is 1. The van der Waals surface area contributed by atoms with Crippen LogP contribution in [0.5, 0.6) is 34.5 Å². The van der Waals surface area contributed by atoms with Crippen LogP contribution in [0.15, 0.2) is 78.9 Å². The molecule has 0 heterocycles. The molecule has 5 rings (SSSR count). The molecule has 0 spiro atoms. The fourth-order valence-corrected chi connectivity index (χ4v) is 5.71. The molecule has 4 atom stereocenters. The molecule has 1 aliphatic carbocycles. The Balaban J connectivity index is 1.81. The summed E-state index contributed by atoms with van der Waals surface area (Å²) >= 11 is 0. The molecule has 0 radical (unpaired) electrons. The minimum atomic E-state index is -0.567. The molecule has 0 saturated heterocycles. The van der Waals surface area contributed by atoms with Crippen LogP contribution >= 0.6 is 0 Å². The van der Waals surface area contributed by atoms with Crippen LogP contribution in [0.25, 0.3) is 0 Å². The summed E-state index contributed by atoms with van der Waals surface area (Å²) in [5, 5.41) is 62.2. The zero-order chi connectivity index (χ0) is 26.3. The van der Waals surface area contributed by atoms with Gasteiger partial charge in [0, 0.05) is 42.1 Å². The van der Waals surface area contributed by atoms with Crippen LogP contribution in [0.3, 0.4) is 0 Å². The highest BCUT2D eigenvalue weighted by atomic mass is 16.5. The van der Waals surface area contributed by atoms with Gasteiger partial charge in [-0.05, 0) is 71.6 Å². The maximum Gasteiger partial charge on any atom is 0.123 e. The summed E-state index contributed by atoms with van der Waals surface area (Å²) < 4.78 is 6.29. The smallest absolute Gasteiger partial charge is 0.123 e. The Bertz CT molecular complexity index is 1390. The van der Waals surface area contributed by atoms with Gasteiger partial charge in [-0.1, -0.05) is 24.3 Å². The van der Waals surface area contributed by atoms with E-state index in [4.69, 9.17) is 4.74 Å². The van der Waals surface area contributed by atoms with E-state index in [1.807, 2.05) is 6.92 Å². The lowest BCUT2D eigenvalue weighted by Crippen LogP contribution is -2.20. The van der Waals surface area contributed by atoms with Crippen LogP contribution in [-0.2, 0) is 4.74 Å². The Morgan fingerprint density at radius 3 is 1.81 bits per heavy atom. The van der Waals surface area contributed by atoms with Gasteiger partial charge in [0.2, 0.25) is 0 Å². The van der Waals surface area contributed by atoms with Crippen LogP contribution in [0.4, 0.5) is 0 Å². The summed E-state index contributed by atoms with van der Waals surface area (Å²) in [5.74, 6) is -1.63. The fourth-order valence-electron chi connectivity index (χ4n) is 5.71. The first-order chi connectivity index (χ1) is 17.8. The molecule has 0 aliphatic heterocycles. The number of hydrogen-bond acceptors (Lipinski definition) is 7. The number of phenols is 6. The second kappa shape index (κ2) is 9.59. The lowest BCUT2D eigenvalue weighted by atomic mass is 9.74. The van der Waals surface area contributed by atoms with E-state index in [-0.39, 0.29) is 34.5 Å². The second-order valence-electron chi connectivity index (χ2n) is 9.34. The van der Waals surface area contributed by atoms with Gasteiger partial charge in [0.15, 0.2) is 0 Å². The Kier molecular flexibility index (Phi) is 6.31. The molecular formula is C30H28O7. The molecule has 7 heteroatoms. The van der Waals surface area contributed by atoms with Crippen molar-refractivity contribution >= 4 is 0 Å². The van der Waals surface area contributed by atoms with Crippen LogP contribution in [0, 0.1) is 0 Å². The van der Waals surface area contributed by atoms with Crippen LogP contribution in [0.1, 0.15) is 58.6 Å². The Morgan fingerprint density at radius 1 is 0.649 bits per heavy atom.